The van der Waals surface area contributed by atoms with Crippen molar-refractivity contribution in [1.82, 2.24) is 10.6 Å². The summed E-state index contributed by atoms with van der Waals surface area (Å²) in [4.78, 5) is 24.8. The molecule has 1 aliphatic rings. The maximum atomic E-state index is 11.7. The van der Waals surface area contributed by atoms with E-state index >= 15 is 0 Å². The summed E-state index contributed by atoms with van der Waals surface area (Å²) in [5, 5.41) is 4.96. The smallest absolute Gasteiger partial charge is 0.415 e. The molecule has 1 fully saturated rings. The Labute approximate surface area is 184 Å². The van der Waals surface area contributed by atoms with Gasteiger partial charge in [-0.1, -0.05) is 90.4 Å². The first-order valence-corrected chi connectivity index (χ1v) is 12.8. The fourth-order valence-electron chi connectivity index (χ4n) is 4.11. The molecule has 1 saturated heterocycles. The molecule has 0 bridgehead atoms. The lowest BCUT2D eigenvalue weighted by atomic mass is 10.0. The van der Waals surface area contributed by atoms with Crippen molar-refractivity contribution in [2.24, 2.45) is 0 Å². The molecule has 1 heterocycles. The molecule has 0 radical (unpaired) electrons. The van der Waals surface area contributed by atoms with Gasteiger partial charge in [0.1, 0.15) is 0 Å². The molecule has 0 aromatic rings. The van der Waals surface area contributed by atoms with Crippen LogP contribution < -0.4 is 15.5 Å². The molecule has 0 atom stereocenters. The second-order valence-electron chi connectivity index (χ2n) is 8.82. The van der Waals surface area contributed by atoms with Crippen molar-refractivity contribution in [3.05, 3.63) is 0 Å². The number of quaternary nitrogens is 1. The van der Waals surface area contributed by atoms with Gasteiger partial charge in [-0.15, -0.1) is 0 Å². The third-order valence-electron chi connectivity index (χ3n) is 6.02. The van der Waals surface area contributed by atoms with E-state index in [-0.39, 0.29) is 0 Å². The molecule has 0 saturated carbocycles. The molecule has 3 N–H and O–H groups in total. The molecule has 1 rings (SSSR count). The summed E-state index contributed by atoms with van der Waals surface area (Å²) >= 11 is 0. The number of unbranched alkanes of at least 4 members (excludes halogenated alkanes) is 13. The monoisotopic (exact) mass is 426 g/mol. The van der Waals surface area contributed by atoms with Gasteiger partial charge in [-0.05, 0) is 6.42 Å². The molecule has 0 unspecified atom stereocenters. The zero-order chi connectivity index (χ0) is 21.7. The number of ether oxygens (including phenoxy) is 1. The highest BCUT2D eigenvalue weighted by atomic mass is 16.5. The van der Waals surface area contributed by atoms with Gasteiger partial charge < -0.3 is 15.0 Å². The van der Waals surface area contributed by atoms with Crippen LogP contribution in [0, 0.1) is 0 Å². The van der Waals surface area contributed by atoms with Gasteiger partial charge in [0.25, 0.3) is 0 Å². The molecule has 176 valence electrons. The van der Waals surface area contributed by atoms with Crippen molar-refractivity contribution < 1.29 is 19.2 Å². The highest BCUT2D eigenvalue weighted by Gasteiger charge is 2.15. The third-order valence-corrected chi connectivity index (χ3v) is 6.02. The number of alkyl carbamates (subject to hydrolysis) is 1. The van der Waals surface area contributed by atoms with E-state index in [1.165, 1.54) is 108 Å². The van der Waals surface area contributed by atoms with Crippen LogP contribution in [0.1, 0.15) is 110 Å². The van der Waals surface area contributed by atoms with Gasteiger partial charge >= 0.3 is 12.1 Å². The van der Waals surface area contributed by atoms with Crippen molar-refractivity contribution in [1.29, 1.82) is 0 Å². The van der Waals surface area contributed by atoms with Crippen LogP contribution in [0.15, 0.2) is 0 Å². The zero-order valence-electron chi connectivity index (χ0n) is 19.6. The van der Waals surface area contributed by atoms with E-state index in [0.29, 0.717) is 13.2 Å². The maximum Gasteiger partial charge on any atom is 0.415 e. The Morgan fingerprint density at radius 1 is 0.767 bits per heavy atom. The van der Waals surface area contributed by atoms with Gasteiger partial charge in [0.2, 0.25) is 0 Å². The van der Waals surface area contributed by atoms with E-state index in [1.807, 2.05) is 0 Å². The van der Waals surface area contributed by atoms with Crippen molar-refractivity contribution >= 4 is 12.1 Å². The molecule has 0 aliphatic carbocycles. The van der Waals surface area contributed by atoms with Crippen LogP contribution in [-0.2, 0) is 4.74 Å². The standard InChI is InChI=1S/C24H47N3O3/c1-2-3-4-5-6-7-8-9-10-11-12-13-14-17-22-30-24(29)26-23(28)25-18-21-27-19-15-16-20-27/h2-22H2,1H3,(H2,25,26,28,29)/p+1. The Morgan fingerprint density at radius 3 is 1.80 bits per heavy atom. The molecule has 0 aromatic carbocycles. The fourth-order valence-corrected chi connectivity index (χ4v) is 4.11. The first-order valence-electron chi connectivity index (χ1n) is 12.8. The summed E-state index contributed by atoms with van der Waals surface area (Å²) < 4.78 is 5.08. The second-order valence-corrected chi connectivity index (χ2v) is 8.82. The third kappa shape index (κ3) is 16.5. The van der Waals surface area contributed by atoms with Gasteiger partial charge in [-0.25, -0.2) is 14.9 Å². The topological polar surface area (TPSA) is 71.9 Å². The van der Waals surface area contributed by atoms with Crippen molar-refractivity contribution in [2.75, 3.05) is 32.8 Å². The number of imide groups is 1. The Bertz CT molecular complexity index is 426. The van der Waals surface area contributed by atoms with E-state index in [2.05, 4.69) is 17.6 Å². The molecule has 0 aromatic heterocycles. The summed E-state index contributed by atoms with van der Waals surface area (Å²) in [5.41, 5.74) is 0. The fraction of sp³-hybridized carbons (Fsp3) is 0.917. The number of hydrogen-bond donors (Lipinski definition) is 3. The molecule has 0 spiro atoms. The molecule has 3 amide bonds. The van der Waals surface area contributed by atoms with Gasteiger partial charge in [-0.3, -0.25) is 0 Å². The predicted molar refractivity (Wildman–Crippen MR) is 123 cm³/mol. The van der Waals surface area contributed by atoms with E-state index < -0.39 is 12.1 Å². The molecule has 6 nitrogen and oxygen atoms in total. The highest BCUT2D eigenvalue weighted by molar-refractivity contribution is 5.90. The van der Waals surface area contributed by atoms with Gasteiger partial charge in [0.15, 0.2) is 0 Å². The molecule has 30 heavy (non-hydrogen) atoms. The quantitative estimate of drug-likeness (QED) is 0.281. The van der Waals surface area contributed by atoms with Gasteiger partial charge in [-0.2, -0.15) is 0 Å². The summed E-state index contributed by atoms with van der Waals surface area (Å²) in [5.74, 6) is 0. The summed E-state index contributed by atoms with van der Waals surface area (Å²) in [6.45, 7) is 6.53. The number of rotatable bonds is 18. The zero-order valence-corrected chi connectivity index (χ0v) is 19.6. The maximum absolute atomic E-state index is 11.7. The van der Waals surface area contributed by atoms with E-state index in [4.69, 9.17) is 4.74 Å². The van der Waals surface area contributed by atoms with Crippen LogP contribution in [0.5, 0.6) is 0 Å². The van der Waals surface area contributed by atoms with E-state index in [1.54, 1.807) is 0 Å². The minimum Gasteiger partial charge on any atom is -0.449 e. The Hall–Kier alpha value is -1.30. The van der Waals surface area contributed by atoms with Crippen LogP contribution in [0.3, 0.4) is 0 Å². The molecule has 6 heteroatoms. The van der Waals surface area contributed by atoms with Crippen LogP contribution >= 0.6 is 0 Å². The second kappa shape index (κ2) is 19.7. The average molecular weight is 427 g/mol. The van der Waals surface area contributed by atoms with Crippen LogP contribution in [0.4, 0.5) is 9.59 Å². The average Bonchev–Trinajstić information content (AvgIpc) is 3.24. The highest BCUT2D eigenvalue weighted by Crippen LogP contribution is 2.12. The van der Waals surface area contributed by atoms with E-state index in [9.17, 15) is 9.59 Å². The lowest BCUT2D eigenvalue weighted by Gasteiger charge is -2.12. The number of carbonyl (C=O) groups excluding carboxylic acids is 2. The Balaban J connectivity index is 1.77. The molecule has 1 aliphatic heterocycles. The largest absolute Gasteiger partial charge is 0.449 e. The van der Waals surface area contributed by atoms with Crippen LogP contribution in [0.25, 0.3) is 0 Å². The first-order chi connectivity index (χ1) is 14.7. The van der Waals surface area contributed by atoms with E-state index in [0.717, 1.165) is 19.4 Å². The summed E-state index contributed by atoms with van der Waals surface area (Å²) in [6, 6.07) is -0.459. The number of amides is 3. The van der Waals surface area contributed by atoms with Crippen molar-refractivity contribution in [3.63, 3.8) is 0 Å². The molecular weight excluding hydrogens is 378 g/mol. The molecular formula is C24H48N3O3+. The Kier molecular flexibility index (Phi) is 17.5. The minimum atomic E-state index is -0.643. The van der Waals surface area contributed by atoms with Gasteiger partial charge in [0, 0.05) is 12.8 Å². The summed E-state index contributed by atoms with van der Waals surface area (Å²) in [7, 11) is 0. The van der Waals surface area contributed by atoms with Crippen molar-refractivity contribution in [3.8, 4) is 0 Å². The van der Waals surface area contributed by atoms with Crippen molar-refractivity contribution in [2.45, 2.75) is 110 Å². The normalized spacial score (nSPS) is 14.0. The number of likely N-dealkylation sites (tertiary alicyclic amines) is 1. The number of nitrogens with one attached hydrogen (secondary N) is 3. The lowest BCUT2D eigenvalue weighted by molar-refractivity contribution is -0.886. The predicted octanol–water partition coefficient (Wildman–Crippen LogP) is 4.58. The number of hydrogen-bond acceptors (Lipinski definition) is 3. The first kappa shape index (κ1) is 26.7. The summed E-state index contributed by atoms with van der Waals surface area (Å²) in [6.07, 6.45) is 20.1. The van der Waals surface area contributed by atoms with Crippen LogP contribution in [-0.4, -0.2) is 44.9 Å². The number of urea groups is 1. The Morgan fingerprint density at radius 2 is 1.27 bits per heavy atom. The number of carbonyl (C=O) groups is 2. The minimum absolute atomic E-state index is 0.384. The van der Waals surface area contributed by atoms with Crippen LogP contribution in [0.2, 0.25) is 0 Å². The lowest BCUT2D eigenvalue weighted by Crippen LogP contribution is -3.10. The SMILES string of the molecule is CCCCCCCCCCCCCCCCOC(=O)NC(=O)NCC[NH+]1CCCC1. The van der Waals surface area contributed by atoms with Gasteiger partial charge in [0.05, 0.1) is 32.8 Å².